The lowest BCUT2D eigenvalue weighted by Crippen LogP contribution is -2.48. The minimum Gasteiger partial charge on any atom is -0.385 e. The van der Waals surface area contributed by atoms with Crippen LogP contribution in [0, 0.1) is 5.92 Å². The summed E-state index contributed by atoms with van der Waals surface area (Å²) in [4.78, 5) is 0. The summed E-state index contributed by atoms with van der Waals surface area (Å²) in [7, 11) is 0. The molecule has 1 aromatic rings. The second kappa shape index (κ2) is 5.47. The summed E-state index contributed by atoms with van der Waals surface area (Å²) in [5.41, 5.74) is 0.158. The lowest BCUT2D eigenvalue weighted by molar-refractivity contribution is -0.174. The number of aliphatic hydroxyl groups is 1. The zero-order valence-corrected chi connectivity index (χ0v) is 12.2. The first-order valence-corrected chi connectivity index (χ1v) is 7.62. The van der Waals surface area contributed by atoms with Crippen LogP contribution in [-0.4, -0.2) is 30.5 Å². The Kier molecular flexibility index (Phi) is 3.85. The van der Waals surface area contributed by atoms with Crippen molar-refractivity contribution in [3.63, 3.8) is 0 Å². The third kappa shape index (κ3) is 2.62. The van der Waals surface area contributed by atoms with Gasteiger partial charge < -0.3 is 14.6 Å². The van der Waals surface area contributed by atoms with E-state index in [9.17, 15) is 5.11 Å². The molecule has 0 aromatic heterocycles. The van der Waals surface area contributed by atoms with Gasteiger partial charge >= 0.3 is 0 Å². The van der Waals surface area contributed by atoms with Crippen LogP contribution in [0.1, 0.15) is 38.2 Å². The fraction of sp³-hybridized carbons (Fsp3) is 0.647. The number of hydrogen-bond acceptors (Lipinski definition) is 3. The van der Waals surface area contributed by atoms with Crippen LogP contribution >= 0.6 is 0 Å². The number of hydrogen-bond donors (Lipinski definition) is 1. The van der Waals surface area contributed by atoms with Crippen molar-refractivity contribution in [1.29, 1.82) is 0 Å². The third-order valence-electron chi connectivity index (χ3n) is 5.05. The first-order valence-electron chi connectivity index (χ1n) is 7.62. The Morgan fingerprint density at radius 2 is 1.85 bits per heavy atom. The molecule has 2 atom stereocenters. The monoisotopic (exact) mass is 276 g/mol. The molecule has 0 saturated carbocycles. The molecule has 1 N–H and O–H groups in total. The van der Waals surface area contributed by atoms with Crippen LogP contribution in [0.2, 0.25) is 0 Å². The van der Waals surface area contributed by atoms with Gasteiger partial charge in [0.25, 0.3) is 0 Å². The molecule has 2 fully saturated rings. The highest BCUT2D eigenvalue weighted by Crippen LogP contribution is 2.44. The maximum absolute atomic E-state index is 11.0. The lowest BCUT2D eigenvalue weighted by atomic mass is 9.71. The van der Waals surface area contributed by atoms with Crippen LogP contribution in [0.15, 0.2) is 30.3 Å². The van der Waals surface area contributed by atoms with Crippen molar-refractivity contribution in [1.82, 2.24) is 0 Å². The van der Waals surface area contributed by atoms with Gasteiger partial charge in [0.05, 0.1) is 11.2 Å². The van der Waals surface area contributed by atoms with E-state index in [1.807, 2.05) is 37.3 Å². The van der Waals surface area contributed by atoms with Gasteiger partial charge in [-0.05, 0) is 44.1 Å². The van der Waals surface area contributed by atoms with E-state index in [4.69, 9.17) is 9.47 Å². The predicted molar refractivity (Wildman–Crippen MR) is 77.5 cm³/mol. The number of benzene rings is 1. The SMILES string of the molecule is CC(O)(c1ccccc1)C1CCOC2(CCOCC2)C1. The van der Waals surface area contributed by atoms with E-state index >= 15 is 0 Å². The van der Waals surface area contributed by atoms with Crippen LogP contribution < -0.4 is 0 Å². The van der Waals surface area contributed by atoms with Crippen molar-refractivity contribution in [2.45, 2.75) is 43.8 Å². The lowest BCUT2D eigenvalue weighted by Gasteiger charge is -2.47. The summed E-state index contributed by atoms with van der Waals surface area (Å²) in [6, 6.07) is 10.0. The fourth-order valence-electron chi connectivity index (χ4n) is 3.61. The Morgan fingerprint density at radius 3 is 2.55 bits per heavy atom. The standard InChI is InChI=1S/C17H24O3/c1-16(18,14-5-3-2-4-6-14)15-7-10-20-17(13-15)8-11-19-12-9-17/h2-6,15,18H,7-13H2,1H3. The van der Waals surface area contributed by atoms with E-state index in [1.165, 1.54) is 0 Å². The average molecular weight is 276 g/mol. The number of ether oxygens (including phenoxy) is 2. The average Bonchev–Trinajstić information content (AvgIpc) is 2.49. The molecular formula is C17H24O3. The second-order valence-corrected chi connectivity index (χ2v) is 6.35. The summed E-state index contributed by atoms with van der Waals surface area (Å²) in [6.07, 6.45) is 3.76. The molecule has 0 radical (unpaired) electrons. The van der Waals surface area contributed by atoms with Crippen LogP contribution in [0.3, 0.4) is 0 Å². The topological polar surface area (TPSA) is 38.7 Å². The first kappa shape index (κ1) is 14.1. The molecule has 3 rings (SSSR count). The fourth-order valence-corrected chi connectivity index (χ4v) is 3.61. The third-order valence-corrected chi connectivity index (χ3v) is 5.05. The van der Waals surface area contributed by atoms with E-state index in [2.05, 4.69) is 0 Å². The van der Waals surface area contributed by atoms with Crippen LogP contribution in [0.4, 0.5) is 0 Å². The summed E-state index contributed by atoms with van der Waals surface area (Å²) in [5, 5.41) is 11.0. The molecule has 110 valence electrons. The molecule has 1 spiro atoms. The Morgan fingerprint density at radius 1 is 1.15 bits per heavy atom. The van der Waals surface area contributed by atoms with Crippen LogP contribution in [-0.2, 0) is 15.1 Å². The normalized spacial score (nSPS) is 29.0. The predicted octanol–water partition coefficient (Wildman–Crippen LogP) is 2.87. The van der Waals surface area contributed by atoms with Gasteiger partial charge in [-0.1, -0.05) is 30.3 Å². The van der Waals surface area contributed by atoms with Crippen molar-refractivity contribution < 1.29 is 14.6 Å². The van der Waals surface area contributed by atoms with Crippen molar-refractivity contribution in [3.8, 4) is 0 Å². The van der Waals surface area contributed by atoms with Gasteiger partial charge in [0.2, 0.25) is 0 Å². The van der Waals surface area contributed by atoms with E-state index in [0.717, 1.165) is 51.1 Å². The smallest absolute Gasteiger partial charge is 0.0898 e. The maximum atomic E-state index is 11.0. The van der Waals surface area contributed by atoms with Crippen molar-refractivity contribution in [3.05, 3.63) is 35.9 Å². The van der Waals surface area contributed by atoms with E-state index in [1.54, 1.807) is 0 Å². The van der Waals surface area contributed by atoms with Gasteiger partial charge in [-0.15, -0.1) is 0 Å². The molecular weight excluding hydrogens is 252 g/mol. The summed E-state index contributed by atoms with van der Waals surface area (Å²) in [6.45, 7) is 4.25. The highest BCUT2D eigenvalue weighted by molar-refractivity contribution is 5.22. The molecule has 2 aliphatic heterocycles. The van der Waals surface area contributed by atoms with Gasteiger partial charge in [-0.3, -0.25) is 0 Å². The van der Waals surface area contributed by atoms with Crippen molar-refractivity contribution in [2.24, 2.45) is 5.92 Å². The van der Waals surface area contributed by atoms with Crippen molar-refractivity contribution >= 4 is 0 Å². The van der Waals surface area contributed by atoms with Gasteiger partial charge in [0.1, 0.15) is 0 Å². The molecule has 3 heteroatoms. The summed E-state index contributed by atoms with van der Waals surface area (Å²) >= 11 is 0. The largest absolute Gasteiger partial charge is 0.385 e. The molecule has 1 aromatic carbocycles. The Hall–Kier alpha value is -0.900. The molecule has 3 nitrogen and oxygen atoms in total. The van der Waals surface area contributed by atoms with Gasteiger partial charge in [0.15, 0.2) is 0 Å². The Labute approximate surface area is 120 Å². The molecule has 2 unspecified atom stereocenters. The van der Waals surface area contributed by atoms with Gasteiger partial charge in [0, 0.05) is 19.8 Å². The van der Waals surface area contributed by atoms with E-state index < -0.39 is 5.60 Å². The van der Waals surface area contributed by atoms with Crippen molar-refractivity contribution in [2.75, 3.05) is 19.8 Å². The molecule has 2 saturated heterocycles. The zero-order chi connectivity index (χ0) is 14.1. The first-order chi connectivity index (χ1) is 9.62. The highest BCUT2D eigenvalue weighted by atomic mass is 16.5. The van der Waals surface area contributed by atoms with E-state index in [0.29, 0.717) is 0 Å². The maximum Gasteiger partial charge on any atom is 0.0898 e. The van der Waals surface area contributed by atoms with Gasteiger partial charge in [-0.2, -0.15) is 0 Å². The number of rotatable bonds is 2. The minimum absolute atomic E-state index is 0.0695. The second-order valence-electron chi connectivity index (χ2n) is 6.35. The molecule has 0 aliphatic carbocycles. The van der Waals surface area contributed by atoms with E-state index in [-0.39, 0.29) is 11.5 Å². The highest BCUT2D eigenvalue weighted by Gasteiger charge is 2.45. The quantitative estimate of drug-likeness (QED) is 0.902. The molecule has 2 aliphatic rings. The summed E-state index contributed by atoms with van der Waals surface area (Å²) in [5.74, 6) is 0.247. The summed E-state index contributed by atoms with van der Waals surface area (Å²) < 4.78 is 11.5. The Balaban J connectivity index is 1.79. The van der Waals surface area contributed by atoms with Crippen LogP contribution in [0.5, 0.6) is 0 Å². The molecule has 0 bridgehead atoms. The molecule has 2 heterocycles. The molecule has 0 amide bonds. The van der Waals surface area contributed by atoms with Crippen LogP contribution in [0.25, 0.3) is 0 Å². The zero-order valence-electron chi connectivity index (χ0n) is 12.2. The Bertz CT molecular complexity index is 429. The van der Waals surface area contributed by atoms with Gasteiger partial charge in [-0.25, -0.2) is 0 Å². The minimum atomic E-state index is -0.781. The molecule has 20 heavy (non-hydrogen) atoms.